The van der Waals surface area contributed by atoms with Crippen LogP contribution in [0, 0.1) is 0 Å². The third-order valence-corrected chi connectivity index (χ3v) is 10.8. The SMILES string of the molecule is O=P(O)(O)C(c1nn[nH]n1)S(=O)(=O)C[C@H]1O[C@@H](n2ncc3c(NC4CCCC4)nc(Cl)nc32)[C@H](O)[C@@H]1O. The lowest BCUT2D eigenvalue weighted by atomic mass is 10.1. The molecule has 0 radical (unpaired) electrons. The molecule has 1 saturated carbocycles. The first-order chi connectivity index (χ1) is 17.5. The summed E-state index contributed by atoms with van der Waals surface area (Å²) in [6.07, 6.45) is -0.882. The lowest BCUT2D eigenvalue weighted by molar-refractivity contribution is -0.0365. The number of hydrogen-bond acceptors (Lipinski definition) is 13. The van der Waals surface area contributed by atoms with Gasteiger partial charge in [-0.1, -0.05) is 18.1 Å². The van der Waals surface area contributed by atoms with Gasteiger partial charge in [-0.15, -0.1) is 10.2 Å². The van der Waals surface area contributed by atoms with Crippen LogP contribution in [-0.4, -0.2) is 98.9 Å². The van der Waals surface area contributed by atoms with Gasteiger partial charge in [0.05, 0.1) is 17.3 Å². The maximum atomic E-state index is 13.0. The average molecular weight is 580 g/mol. The molecule has 1 saturated heterocycles. The number of fused-ring (bicyclic) bond motifs is 1. The average Bonchev–Trinajstić information content (AvgIpc) is 3.59. The number of anilines is 1. The number of sulfone groups is 1. The molecular weight excluding hydrogens is 557 g/mol. The van der Waals surface area contributed by atoms with Crippen LogP contribution in [0.25, 0.3) is 11.0 Å². The smallest absolute Gasteiger partial charge is 0.351 e. The highest BCUT2D eigenvalue weighted by Gasteiger charge is 2.51. The first-order valence-corrected chi connectivity index (χ1v) is 14.9. The molecule has 0 aromatic carbocycles. The molecule has 1 unspecified atom stereocenters. The number of tetrazole rings is 1. The Labute approximate surface area is 213 Å². The van der Waals surface area contributed by atoms with Crippen LogP contribution in [0.15, 0.2) is 6.20 Å². The zero-order valence-electron chi connectivity index (χ0n) is 18.9. The van der Waals surface area contributed by atoms with Gasteiger partial charge in [-0.3, -0.25) is 4.57 Å². The lowest BCUT2D eigenvalue weighted by Gasteiger charge is -2.19. The second-order valence-corrected chi connectivity index (χ2v) is 13.4. The number of H-pyrrole nitrogens is 1. The molecule has 37 heavy (non-hydrogen) atoms. The van der Waals surface area contributed by atoms with Crippen LogP contribution < -0.4 is 5.32 Å². The standard InChI is InChI=1S/C17H23ClN9O8PS/c18-17-21-12(20-7-3-1-2-4-7)8-5-19-27(14(8)22-17)15-11(29)10(28)9(35-15)6-37(33,34)16(36(30,31)32)13-23-25-26-24-13/h5,7,9-11,15-16,28-29H,1-4,6H2,(H,20,21,22)(H2,30,31,32)(H,23,24,25,26)/t9-,10-,11-,15-,16?/m1/s1. The Morgan fingerprint density at radius 3 is 2.62 bits per heavy atom. The molecule has 0 amide bonds. The highest BCUT2D eigenvalue weighted by Crippen LogP contribution is 2.54. The second kappa shape index (κ2) is 9.77. The van der Waals surface area contributed by atoms with Gasteiger partial charge in [-0.25, -0.2) is 13.1 Å². The van der Waals surface area contributed by atoms with Crippen LogP contribution in [0.5, 0.6) is 0 Å². The van der Waals surface area contributed by atoms with Crippen LogP contribution in [0.4, 0.5) is 5.82 Å². The van der Waals surface area contributed by atoms with Gasteiger partial charge in [0.2, 0.25) is 16.1 Å². The summed E-state index contributed by atoms with van der Waals surface area (Å²) >= 11 is 6.12. The van der Waals surface area contributed by atoms with Crippen molar-refractivity contribution in [1.82, 2.24) is 40.4 Å². The van der Waals surface area contributed by atoms with E-state index < -0.39 is 58.5 Å². The molecule has 17 nitrogen and oxygen atoms in total. The maximum absolute atomic E-state index is 13.0. The van der Waals surface area contributed by atoms with Crippen molar-refractivity contribution in [3.8, 4) is 0 Å². The number of halogens is 1. The molecule has 5 rings (SSSR count). The molecule has 202 valence electrons. The zero-order valence-corrected chi connectivity index (χ0v) is 21.3. The van der Waals surface area contributed by atoms with Gasteiger partial charge in [0.15, 0.2) is 21.7 Å². The summed E-state index contributed by atoms with van der Waals surface area (Å²) in [5.74, 6) is -1.38. The molecule has 1 aliphatic heterocycles. The number of aliphatic hydroxyl groups excluding tert-OH is 2. The first-order valence-electron chi connectivity index (χ1n) is 11.1. The minimum absolute atomic E-state index is 0.105. The Hall–Kier alpha value is -2.31. The Morgan fingerprint density at radius 2 is 1.97 bits per heavy atom. The van der Waals surface area contributed by atoms with Crippen LogP contribution in [-0.2, 0) is 19.1 Å². The van der Waals surface area contributed by atoms with E-state index >= 15 is 0 Å². The van der Waals surface area contributed by atoms with E-state index in [2.05, 4.69) is 35.8 Å². The van der Waals surface area contributed by atoms with Gasteiger partial charge in [-0.05, 0) is 24.4 Å². The predicted octanol–water partition coefficient (Wildman–Crippen LogP) is -0.742. The Morgan fingerprint density at radius 1 is 1.24 bits per heavy atom. The quantitative estimate of drug-likeness (QED) is 0.142. The van der Waals surface area contributed by atoms with Crippen molar-refractivity contribution in [3.05, 3.63) is 17.3 Å². The van der Waals surface area contributed by atoms with E-state index in [1.807, 2.05) is 5.21 Å². The van der Waals surface area contributed by atoms with Crippen LogP contribution in [0.2, 0.25) is 5.28 Å². The molecule has 0 bridgehead atoms. The Balaban J connectivity index is 1.42. The van der Waals surface area contributed by atoms with Crippen LogP contribution in [0.1, 0.15) is 42.7 Å². The Bertz CT molecular complexity index is 1430. The van der Waals surface area contributed by atoms with Gasteiger partial charge in [0.25, 0.3) is 0 Å². The van der Waals surface area contributed by atoms with Gasteiger partial charge in [-0.2, -0.15) is 20.3 Å². The minimum Gasteiger partial charge on any atom is -0.387 e. The summed E-state index contributed by atoms with van der Waals surface area (Å²) in [5, 5.41) is 41.0. The summed E-state index contributed by atoms with van der Waals surface area (Å²) in [6, 6.07) is 0.198. The van der Waals surface area contributed by atoms with Gasteiger partial charge >= 0.3 is 7.60 Å². The van der Waals surface area contributed by atoms with Crippen LogP contribution >= 0.6 is 19.2 Å². The molecule has 2 fully saturated rings. The number of hydrogen-bond donors (Lipinski definition) is 6. The van der Waals surface area contributed by atoms with Gasteiger partial charge in [0.1, 0.15) is 24.1 Å². The summed E-state index contributed by atoms with van der Waals surface area (Å²) < 4.78 is 44.7. The molecule has 2 aliphatic rings. The molecular formula is C17H23ClN9O8PS. The van der Waals surface area contributed by atoms with Gasteiger partial charge < -0.3 is 30.1 Å². The summed E-state index contributed by atoms with van der Waals surface area (Å²) in [7, 11) is -10.1. The fraction of sp³-hybridized carbons (Fsp3) is 0.647. The monoisotopic (exact) mass is 579 g/mol. The second-order valence-electron chi connectivity index (χ2n) is 8.88. The Kier molecular flexibility index (Phi) is 6.95. The number of ether oxygens (including phenoxy) is 1. The van der Waals surface area contributed by atoms with E-state index in [1.54, 1.807) is 0 Å². The van der Waals surface area contributed by atoms with Gasteiger partial charge in [0, 0.05) is 6.04 Å². The predicted molar refractivity (Wildman–Crippen MR) is 125 cm³/mol. The van der Waals surface area contributed by atoms with E-state index in [0.29, 0.717) is 11.2 Å². The number of rotatable bonds is 8. The number of aromatic amines is 1. The van der Waals surface area contributed by atoms with E-state index in [9.17, 15) is 33.0 Å². The number of aromatic nitrogens is 8. The zero-order chi connectivity index (χ0) is 26.5. The minimum atomic E-state index is -5.33. The first kappa shape index (κ1) is 26.3. The van der Waals surface area contributed by atoms with Crippen molar-refractivity contribution < 1.29 is 37.7 Å². The molecule has 3 aromatic rings. The van der Waals surface area contributed by atoms with Crippen molar-refractivity contribution in [2.75, 3.05) is 11.1 Å². The molecule has 3 aromatic heterocycles. The van der Waals surface area contributed by atoms with Crippen molar-refractivity contribution >= 4 is 45.9 Å². The molecule has 6 N–H and O–H groups in total. The maximum Gasteiger partial charge on any atom is 0.351 e. The number of nitrogens with zero attached hydrogens (tertiary/aromatic N) is 7. The van der Waals surface area contributed by atoms with Crippen molar-refractivity contribution in [1.29, 1.82) is 0 Å². The van der Waals surface area contributed by atoms with Crippen LogP contribution in [0.3, 0.4) is 0 Å². The summed E-state index contributed by atoms with van der Waals surface area (Å²) in [4.78, 5) is 25.3. The fourth-order valence-corrected chi connectivity index (χ4v) is 8.49. The molecule has 1 aliphatic carbocycles. The molecule has 0 spiro atoms. The summed E-state index contributed by atoms with van der Waals surface area (Å²) in [5.41, 5.74) is 0.167. The van der Waals surface area contributed by atoms with E-state index in [4.69, 9.17) is 16.3 Å². The topological polar surface area (TPSA) is 251 Å². The molecule has 20 heteroatoms. The summed E-state index contributed by atoms with van der Waals surface area (Å²) in [6.45, 7) is 0. The largest absolute Gasteiger partial charge is 0.387 e. The van der Waals surface area contributed by atoms with Crippen molar-refractivity contribution in [2.45, 2.75) is 61.3 Å². The number of aliphatic hydroxyl groups is 2. The normalized spacial score (nSPS) is 26.2. The molecule has 5 atom stereocenters. The van der Waals surface area contributed by atoms with E-state index in [-0.39, 0.29) is 17.0 Å². The molecule has 4 heterocycles. The fourth-order valence-electron chi connectivity index (χ4n) is 4.64. The van der Waals surface area contributed by atoms with Crippen molar-refractivity contribution in [2.24, 2.45) is 0 Å². The van der Waals surface area contributed by atoms with Crippen molar-refractivity contribution in [3.63, 3.8) is 0 Å². The van der Waals surface area contributed by atoms with E-state index in [1.165, 1.54) is 6.20 Å². The third-order valence-electron chi connectivity index (χ3n) is 6.33. The highest BCUT2D eigenvalue weighted by molar-refractivity contribution is 7.97. The number of nitrogens with one attached hydrogen (secondary N) is 2. The van der Waals surface area contributed by atoms with E-state index in [0.717, 1.165) is 30.4 Å². The highest BCUT2D eigenvalue weighted by atomic mass is 35.5. The lowest BCUT2D eigenvalue weighted by Crippen LogP contribution is -2.36. The third kappa shape index (κ3) is 5.07.